The van der Waals surface area contributed by atoms with E-state index >= 15 is 0 Å². The summed E-state index contributed by atoms with van der Waals surface area (Å²) in [6.07, 6.45) is 0.774. The van der Waals surface area contributed by atoms with Crippen LogP contribution >= 0.6 is 45.7 Å². The van der Waals surface area contributed by atoms with Crippen LogP contribution in [0.15, 0.2) is 24.3 Å². The van der Waals surface area contributed by atoms with Crippen molar-refractivity contribution in [3.05, 3.63) is 43.7 Å². The molecule has 1 heterocycles. The Balaban J connectivity index is 2.15. The Hall–Kier alpha value is -0.200. The van der Waals surface area contributed by atoms with Crippen LogP contribution in [0.2, 0.25) is 5.02 Å². The molecule has 14 heavy (non-hydrogen) atoms. The first kappa shape index (κ1) is 10.3. The third-order valence-electron chi connectivity index (χ3n) is 1.72. The molecule has 5 heteroatoms. The van der Waals surface area contributed by atoms with Gasteiger partial charge in [-0.3, -0.25) is 0 Å². The number of rotatable bonds is 2. The standard InChI is InChI=1S/C9H6ClIN2S/c10-7-3-1-6(2-4-7)5-8-12-9(11)14-13-8/h1-4H,5H2. The second-order valence-electron chi connectivity index (χ2n) is 2.77. The highest BCUT2D eigenvalue weighted by atomic mass is 127. The molecule has 2 rings (SSSR count). The predicted octanol–water partition coefficient (Wildman–Crippen LogP) is 3.39. The van der Waals surface area contributed by atoms with Crippen LogP contribution in [0.3, 0.4) is 0 Å². The summed E-state index contributed by atoms with van der Waals surface area (Å²) in [7, 11) is 0. The highest BCUT2D eigenvalue weighted by molar-refractivity contribution is 14.1. The lowest BCUT2D eigenvalue weighted by Gasteiger charge is -1.96. The molecular formula is C9H6ClIN2S. The van der Waals surface area contributed by atoms with Gasteiger partial charge in [0, 0.05) is 11.4 Å². The fraction of sp³-hybridized carbons (Fsp3) is 0.111. The minimum absolute atomic E-state index is 0.759. The number of halogens is 2. The van der Waals surface area contributed by atoms with Gasteiger partial charge in [-0.05, 0) is 51.8 Å². The highest BCUT2D eigenvalue weighted by Crippen LogP contribution is 2.14. The topological polar surface area (TPSA) is 25.8 Å². The van der Waals surface area contributed by atoms with Crippen molar-refractivity contribution in [2.45, 2.75) is 6.42 Å². The maximum atomic E-state index is 5.79. The summed E-state index contributed by atoms with van der Waals surface area (Å²) in [4.78, 5) is 4.29. The average Bonchev–Trinajstić information content (AvgIpc) is 2.56. The maximum absolute atomic E-state index is 5.79. The lowest BCUT2D eigenvalue weighted by Crippen LogP contribution is -1.89. The fourth-order valence-electron chi connectivity index (χ4n) is 1.09. The van der Waals surface area contributed by atoms with Crippen LogP contribution in [0, 0.1) is 3.01 Å². The molecule has 0 unspecified atom stereocenters. The van der Waals surface area contributed by atoms with E-state index < -0.39 is 0 Å². The van der Waals surface area contributed by atoms with Crippen molar-refractivity contribution in [1.29, 1.82) is 0 Å². The highest BCUT2D eigenvalue weighted by Gasteiger charge is 2.02. The minimum Gasteiger partial charge on any atom is -0.213 e. The first-order valence-corrected chi connectivity index (χ1v) is 6.19. The van der Waals surface area contributed by atoms with Gasteiger partial charge in [0.1, 0.15) is 5.82 Å². The molecule has 0 bridgehead atoms. The average molecular weight is 337 g/mol. The van der Waals surface area contributed by atoms with Gasteiger partial charge in [0.05, 0.1) is 0 Å². The molecule has 1 aromatic heterocycles. The number of benzene rings is 1. The molecule has 1 aromatic carbocycles. The molecule has 0 fully saturated rings. The molecule has 0 aliphatic carbocycles. The summed E-state index contributed by atoms with van der Waals surface area (Å²) in [5.74, 6) is 0.877. The molecule has 2 nitrogen and oxygen atoms in total. The van der Waals surface area contributed by atoms with Crippen molar-refractivity contribution in [3.8, 4) is 0 Å². The molecule has 72 valence electrons. The molecule has 0 N–H and O–H groups in total. The van der Waals surface area contributed by atoms with Crippen molar-refractivity contribution in [3.63, 3.8) is 0 Å². The van der Waals surface area contributed by atoms with Crippen molar-refractivity contribution in [1.82, 2.24) is 9.36 Å². The van der Waals surface area contributed by atoms with E-state index in [1.807, 2.05) is 24.3 Å². The van der Waals surface area contributed by atoms with Crippen LogP contribution in [-0.4, -0.2) is 9.36 Å². The van der Waals surface area contributed by atoms with E-state index in [9.17, 15) is 0 Å². The molecule has 0 radical (unpaired) electrons. The van der Waals surface area contributed by atoms with Crippen LogP contribution in [-0.2, 0) is 6.42 Å². The second kappa shape index (κ2) is 4.55. The second-order valence-corrected chi connectivity index (χ2v) is 5.71. The third kappa shape index (κ3) is 2.65. The van der Waals surface area contributed by atoms with Crippen LogP contribution in [0.4, 0.5) is 0 Å². The van der Waals surface area contributed by atoms with Gasteiger partial charge in [-0.1, -0.05) is 23.7 Å². The van der Waals surface area contributed by atoms with E-state index in [-0.39, 0.29) is 0 Å². The predicted molar refractivity (Wildman–Crippen MR) is 66.9 cm³/mol. The van der Waals surface area contributed by atoms with Gasteiger partial charge >= 0.3 is 0 Å². The first-order chi connectivity index (χ1) is 6.74. The van der Waals surface area contributed by atoms with Crippen LogP contribution in [0.1, 0.15) is 11.4 Å². The minimum atomic E-state index is 0.759. The lowest BCUT2D eigenvalue weighted by molar-refractivity contribution is 1.03. The summed E-state index contributed by atoms with van der Waals surface area (Å²) in [5, 5.41) is 0.759. The van der Waals surface area contributed by atoms with E-state index in [4.69, 9.17) is 11.6 Å². The number of aromatic nitrogens is 2. The molecular weight excluding hydrogens is 331 g/mol. The van der Waals surface area contributed by atoms with E-state index in [0.29, 0.717) is 0 Å². The van der Waals surface area contributed by atoms with E-state index in [1.54, 1.807) is 0 Å². The van der Waals surface area contributed by atoms with Gasteiger partial charge < -0.3 is 0 Å². The summed E-state index contributed by atoms with van der Waals surface area (Å²) in [6.45, 7) is 0. The van der Waals surface area contributed by atoms with Gasteiger partial charge in [-0.25, -0.2) is 4.98 Å². The normalized spacial score (nSPS) is 10.4. The molecule has 0 aliphatic heterocycles. The van der Waals surface area contributed by atoms with Gasteiger partial charge in [0.2, 0.25) is 0 Å². The van der Waals surface area contributed by atoms with Crippen molar-refractivity contribution in [2.75, 3.05) is 0 Å². The molecule has 0 amide bonds. The Kier molecular flexibility index (Phi) is 3.35. The zero-order valence-electron chi connectivity index (χ0n) is 7.08. The molecule has 0 spiro atoms. The van der Waals surface area contributed by atoms with Gasteiger partial charge in [-0.15, -0.1) is 0 Å². The SMILES string of the molecule is Clc1ccc(Cc2nsc(I)n2)cc1. The summed E-state index contributed by atoms with van der Waals surface area (Å²) < 4.78 is 5.20. The van der Waals surface area contributed by atoms with Gasteiger partial charge in [0.15, 0.2) is 3.01 Å². The van der Waals surface area contributed by atoms with E-state index in [2.05, 4.69) is 31.9 Å². The summed E-state index contributed by atoms with van der Waals surface area (Å²) in [5.41, 5.74) is 1.18. The first-order valence-electron chi connectivity index (χ1n) is 3.96. The van der Waals surface area contributed by atoms with Crippen LogP contribution in [0.25, 0.3) is 0 Å². The quantitative estimate of drug-likeness (QED) is 0.786. The lowest BCUT2D eigenvalue weighted by atomic mass is 10.1. The fourth-order valence-corrected chi connectivity index (χ4v) is 2.22. The third-order valence-corrected chi connectivity index (χ3v) is 3.35. The Bertz CT molecular complexity index is 427. The largest absolute Gasteiger partial charge is 0.213 e. The molecule has 0 saturated carbocycles. The number of nitrogens with zero attached hydrogens (tertiary/aromatic N) is 2. The zero-order chi connectivity index (χ0) is 9.97. The van der Waals surface area contributed by atoms with Crippen molar-refractivity contribution < 1.29 is 0 Å². The zero-order valence-corrected chi connectivity index (χ0v) is 10.8. The Morgan fingerprint density at radius 3 is 2.57 bits per heavy atom. The summed E-state index contributed by atoms with van der Waals surface area (Å²) >= 11 is 9.39. The van der Waals surface area contributed by atoms with Crippen LogP contribution < -0.4 is 0 Å². The molecule has 2 aromatic rings. The van der Waals surface area contributed by atoms with E-state index in [1.165, 1.54) is 17.1 Å². The number of hydrogen-bond acceptors (Lipinski definition) is 3. The Morgan fingerprint density at radius 1 is 1.29 bits per heavy atom. The van der Waals surface area contributed by atoms with E-state index in [0.717, 1.165) is 20.3 Å². The number of hydrogen-bond donors (Lipinski definition) is 0. The van der Waals surface area contributed by atoms with Crippen molar-refractivity contribution >= 4 is 45.7 Å². The molecule has 0 saturated heterocycles. The van der Waals surface area contributed by atoms with Crippen molar-refractivity contribution in [2.24, 2.45) is 0 Å². The van der Waals surface area contributed by atoms with Gasteiger partial charge in [-0.2, -0.15) is 4.37 Å². The van der Waals surface area contributed by atoms with Crippen LogP contribution in [0.5, 0.6) is 0 Å². The molecule has 0 aliphatic rings. The molecule has 0 atom stereocenters. The smallest absolute Gasteiger partial charge is 0.173 e. The maximum Gasteiger partial charge on any atom is 0.173 e. The monoisotopic (exact) mass is 336 g/mol. The van der Waals surface area contributed by atoms with Gasteiger partial charge in [0.25, 0.3) is 0 Å². The Labute approximate surface area is 105 Å². The Morgan fingerprint density at radius 2 is 2.00 bits per heavy atom. The summed E-state index contributed by atoms with van der Waals surface area (Å²) in [6, 6.07) is 7.76.